The molecule has 0 bridgehead atoms. The number of ether oxygens (including phenoxy) is 1. The standard InChI is InChI=1S/C12H28N2O/c1-11(2)15-10-9-14(5)8-6-7-12(3,4)13/h11H,6-10,13H2,1-5H3. The molecule has 0 spiro atoms. The van der Waals surface area contributed by atoms with E-state index in [0.717, 1.165) is 32.5 Å². The molecular formula is C12H28N2O. The lowest BCUT2D eigenvalue weighted by Gasteiger charge is -2.21. The predicted octanol–water partition coefficient (Wildman–Crippen LogP) is 1.86. The van der Waals surface area contributed by atoms with E-state index in [1.807, 2.05) is 0 Å². The normalized spacial score (nSPS) is 12.8. The van der Waals surface area contributed by atoms with Gasteiger partial charge in [0.05, 0.1) is 12.7 Å². The molecule has 0 fully saturated rings. The number of hydrogen-bond acceptors (Lipinski definition) is 3. The van der Waals surface area contributed by atoms with E-state index < -0.39 is 0 Å². The monoisotopic (exact) mass is 216 g/mol. The van der Waals surface area contributed by atoms with Crippen molar-refractivity contribution in [2.24, 2.45) is 5.73 Å². The first-order valence-corrected chi connectivity index (χ1v) is 5.90. The Hall–Kier alpha value is -0.120. The van der Waals surface area contributed by atoms with Crippen molar-refractivity contribution in [3.63, 3.8) is 0 Å². The first-order chi connectivity index (χ1) is 6.81. The van der Waals surface area contributed by atoms with Crippen LogP contribution in [0.5, 0.6) is 0 Å². The van der Waals surface area contributed by atoms with E-state index in [2.05, 4.69) is 39.6 Å². The number of hydrogen-bond donors (Lipinski definition) is 1. The molecule has 0 aromatic rings. The van der Waals surface area contributed by atoms with Gasteiger partial charge in [-0.25, -0.2) is 0 Å². The number of nitrogens with zero attached hydrogens (tertiary/aromatic N) is 1. The first-order valence-electron chi connectivity index (χ1n) is 5.90. The lowest BCUT2D eigenvalue weighted by atomic mass is 10.0. The van der Waals surface area contributed by atoms with Gasteiger partial charge in [0.2, 0.25) is 0 Å². The Morgan fingerprint density at radius 1 is 1.27 bits per heavy atom. The molecule has 0 aliphatic heterocycles. The second-order valence-corrected chi connectivity index (χ2v) is 5.31. The third-order valence-electron chi connectivity index (χ3n) is 2.29. The molecule has 0 heterocycles. The number of nitrogens with two attached hydrogens (primary N) is 1. The van der Waals surface area contributed by atoms with Crippen LogP contribution >= 0.6 is 0 Å². The van der Waals surface area contributed by atoms with E-state index in [9.17, 15) is 0 Å². The molecule has 3 nitrogen and oxygen atoms in total. The Kier molecular flexibility index (Phi) is 7.14. The van der Waals surface area contributed by atoms with Crippen LogP contribution in [-0.4, -0.2) is 43.3 Å². The molecule has 0 saturated heterocycles. The van der Waals surface area contributed by atoms with Gasteiger partial charge in [-0.15, -0.1) is 0 Å². The van der Waals surface area contributed by atoms with Crippen molar-refractivity contribution in [3.8, 4) is 0 Å². The number of rotatable bonds is 8. The predicted molar refractivity (Wildman–Crippen MR) is 66.1 cm³/mol. The summed E-state index contributed by atoms with van der Waals surface area (Å²) in [6.45, 7) is 11.2. The highest BCUT2D eigenvalue weighted by Crippen LogP contribution is 2.07. The first kappa shape index (κ1) is 14.9. The van der Waals surface area contributed by atoms with Crippen LogP contribution in [0.25, 0.3) is 0 Å². The molecule has 15 heavy (non-hydrogen) atoms. The topological polar surface area (TPSA) is 38.5 Å². The van der Waals surface area contributed by atoms with Crippen molar-refractivity contribution in [3.05, 3.63) is 0 Å². The molecule has 0 unspecified atom stereocenters. The summed E-state index contributed by atoms with van der Waals surface area (Å²) in [6.07, 6.45) is 2.56. The third kappa shape index (κ3) is 11.8. The average Bonchev–Trinajstić information content (AvgIpc) is 2.00. The molecule has 0 rings (SSSR count). The van der Waals surface area contributed by atoms with Crippen LogP contribution in [0.15, 0.2) is 0 Å². The molecule has 0 aromatic carbocycles. The SMILES string of the molecule is CC(C)OCCN(C)CCCC(C)(C)N. The quantitative estimate of drug-likeness (QED) is 0.673. The van der Waals surface area contributed by atoms with Gasteiger partial charge >= 0.3 is 0 Å². The number of likely N-dealkylation sites (N-methyl/N-ethyl adjacent to an activating group) is 1. The van der Waals surface area contributed by atoms with Crippen LogP contribution in [0, 0.1) is 0 Å². The second kappa shape index (κ2) is 7.20. The fourth-order valence-electron chi connectivity index (χ4n) is 1.36. The lowest BCUT2D eigenvalue weighted by molar-refractivity contribution is 0.0634. The van der Waals surface area contributed by atoms with Gasteiger partial charge in [-0.3, -0.25) is 0 Å². The fourth-order valence-corrected chi connectivity index (χ4v) is 1.36. The van der Waals surface area contributed by atoms with E-state index in [1.54, 1.807) is 0 Å². The van der Waals surface area contributed by atoms with Crippen LogP contribution in [0.1, 0.15) is 40.5 Å². The van der Waals surface area contributed by atoms with E-state index >= 15 is 0 Å². The zero-order chi connectivity index (χ0) is 11.9. The molecular weight excluding hydrogens is 188 g/mol. The fraction of sp³-hybridized carbons (Fsp3) is 1.00. The summed E-state index contributed by atoms with van der Waals surface area (Å²) in [5.74, 6) is 0. The Bertz CT molecular complexity index is 152. The van der Waals surface area contributed by atoms with Crippen LogP contribution in [0.4, 0.5) is 0 Å². The van der Waals surface area contributed by atoms with Gasteiger partial charge in [0.25, 0.3) is 0 Å². The summed E-state index contributed by atoms with van der Waals surface area (Å²) >= 11 is 0. The smallest absolute Gasteiger partial charge is 0.0596 e. The largest absolute Gasteiger partial charge is 0.377 e. The maximum absolute atomic E-state index is 5.92. The molecule has 0 atom stereocenters. The molecule has 2 N–H and O–H groups in total. The van der Waals surface area contributed by atoms with Crippen molar-refractivity contribution < 1.29 is 4.74 Å². The highest BCUT2D eigenvalue weighted by molar-refractivity contribution is 4.71. The molecule has 0 saturated carbocycles. The van der Waals surface area contributed by atoms with Crippen molar-refractivity contribution >= 4 is 0 Å². The van der Waals surface area contributed by atoms with Crippen LogP contribution in [-0.2, 0) is 4.74 Å². The highest BCUT2D eigenvalue weighted by Gasteiger charge is 2.10. The van der Waals surface area contributed by atoms with Gasteiger partial charge in [-0.05, 0) is 54.1 Å². The van der Waals surface area contributed by atoms with E-state index in [-0.39, 0.29) is 5.54 Å². The van der Waals surface area contributed by atoms with Gasteiger partial charge in [0.15, 0.2) is 0 Å². The van der Waals surface area contributed by atoms with Gasteiger partial charge in [0, 0.05) is 12.1 Å². The molecule has 0 aliphatic carbocycles. The second-order valence-electron chi connectivity index (χ2n) is 5.31. The van der Waals surface area contributed by atoms with E-state index in [0.29, 0.717) is 6.10 Å². The summed E-state index contributed by atoms with van der Waals surface area (Å²) < 4.78 is 5.49. The van der Waals surface area contributed by atoms with Gasteiger partial charge in [-0.2, -0.15) is 0 Å². The Morgan fingerprint density at radius 3 is 2.33 bits per heavy atom. The van der Waals surface area contributed by atoms with Crippen LogP contribution < -0.4 is 5.73 Å². The minimum Gasteiger partial charge on any atom is -0.377 e. The van der Waals surface area contributed by atoms with E-state index in [1.165, 1.54) is 0 Å². The zero-order valence-corrected chi connectivity index (χ0v) is 11.0. The minimum absolute atomic E-state index is 0.0325. The summed E-state index contributed by atoms with van der Waals surface area (Å²) in [6, 6.07) is 0. The van der Waals surface area contributed by atoms with Gasteiger partial charge in [0.1, 0.15) is 0 Å². The maximum atomic E-state index is 5.92. The van der Waals surface area contributed by atoms with Crippen molar-refractivity contribution in [2.45, 2.75) is 52.2 Å². The van der Waals surface area contributed by atoms with Crippen LogP contribution in [0.2, 0.25) is 0 Å². The summed E-state index contributed by atoms with van der Waals surface area (Å²) in [5.41, 5.74) is 5.89. The van der Waals surface area contributed by atoms with Gasteiger partial charge in [-0.1, -0.05) is 0 Å². The van der Waals surface area contributed by atoms with Crippen molar-refractivity contribution in [1.82, 2.24) is 4.90 Å². The highest BCUT2D eigenvalue weighted by atomic mass is 16.5. The van der Waals surface area contributed by atoms with Gasteiger partial charge < -0.3 is 15.4 Å². The molecule has 0 amide bonds. The zero-order valence-electron chi connectivity index (χ0n) is 11.0. The maximum Gasteiger partial charge on any atom is 0.0596 e. The Balaban J connectivity index is 3.37. The molecule has 0 aromatic heterocycles. The third-order valence-corrected chi connectivity index (χ3v) is 2.29. The molecule has 3 heteroatoms. The Morgan fingerprint density at radius 2 is 1.87 bits per heavy atom. The lowest BCUT2D eigenvalue weighted by Crippen LogP contribution is -2.33. The summed E-state index contributed by atoms with van der Waals surface area (Å²) in [5, 5.41) is 0. The average molecular weight is 216 g/mol. The van der Waals surface area contributed by atoms with Crippen molar-refractivity contribution in [2.75, 3.05) is 26.7 Å². The van der Waals surface area contributed by atoms with Crippen molar-refractivity contribution in [1.29, 1.82) is 0 Å². The Labute approximate surface area is 95.0 Å². The molecule has 0 aliphatic rings. The molecule has 92 valence electrons. The minimum atomic E-state index is -0.0325. The molecule has 0 radical (unpaired) electrons. The van der Waals surface area contributed by atoms with Crippen LogP contribution in [0.3, 0.4) is 0 Å². The van der Waals surface area contributed by atoms with E-state index in [4.69, 9.17) is 10.5 Å². The summed E-state index contributed by atoms with van der Waals surface area (Å²) in [7, 11) is 2.13. The summed E-state index contributed by atoms with van der Waals surface area (Å²) in [4.78, 5) is 2.30.